The minimum Gasteiger partial charge on any atom is -0.480 e. The Morgan fingerprint density at radius 1 is 1.50 bits per heavy atom. The van der Waals surface area contributed by atoms with E-state index in [0.717, 1.165) is 12.8 Å². The van der Waals surface area contributed by atoms with Crippen LogP contribution in [0.25, 0.3) is 0 Å². The molecule has 1 aromatic rings. The molecule has 0 bridgehead atoms. The van der Waals surface area contributed by atoms with Gasteiger partial charge in [-0.1, -0.05) is 6.92 Å². The van der Waals surface area contributed by atoms with Gasteiger partial charge in [0.2, 0.25) is 5.88 Å². The number of hydrogen-bond acceptors (Lipinski definition) is 5. The predicted octanol–water partition coefficient (Wildman–Crippen LogP) is 2.32. The first-order valence-corrected chi connectivity index (χ1v) is 7.02. The minimum absolute atomic E-state index is 0.405. The highest BCUT2D eigenvalue weighted by atomic mass is 16.5. The van der Waals surface area contributed by atoms with Gasteiger partial charge < -0.3 is 15.2 Å². The minimum atomic E-state index is -0.938. The monoisotopic (exact) mass is 279 g/mol. The molecule has 6 heteroatoms. The van der Waals surface area contributed by atoms with Gasteiger partial charge in [0.15, 0.2) is 0 Å². The molecule has 0 amide bonds. The zero-order valence-corrected chi connectivity index (χ0v) is 11.9. The quantitative estimate of drug-likeness (QED) is 0.860. The molecular weight excluding hydrogens is 258 g/mol. The Hall–Kier alpha value is -1.85. The molecular formula is C14H21N3O3. The third-order valence-corrected chi connectivity index (χ3v) is 3.81. The number of rotatable bonds is 5. The predicted molar refractivity (Wildman–Crippen MR) is 74.8 cm³/mol. The molecule has 1 aromatic heterocycles. The number of carboxylic acids is 1. The SMILES string of the molecule is CCOc1cncc(NC2(C(=O)O)CCC(C)CC2)n1. The van der Waals surface area contributed by atoms with Crippen LogP contribution in [0, 0.1) is 5.92 Å². The van der Waals surface area contributed by atoms with Gasteiger partial charge in [-0.15, -0.1) is 0 Å². The highest BCUT2D eigenvalue weighted by molar-refractivity contribution is 5.82. The lowest BCUT2D eigenvalue weighted by Gasteiger charge is -2.36. The summed E-state index contributed by atoms with van der Waals surface area (Å²) in [7, 11) is 0. The number of aromatic nitrogens is 2. The second kappa shape index (κ2) is 6.07. The molecule has 1 saturated carbocycles. The molecule has 0 atom stereocenters. The van der Waals surface area contributed by atoms with Gasteiger partial charge in [-0.3, -0.25) is 4.98 Å². The molecule has 0 radical (unpaired) electrons. The van der Waals surface area contributed by atoms with E-state index < -0.39 is 11.5 Å². The molecule has 1 aliphatic rings. The highest BCUT2D eigenvalue weighted by Crippen LogP contribution is 2.34. The number of aliphatic carboxylic acids is 1. The average Bonchev–Trinajstić information content (AvgIpc) is 2.42. The van der Waals surface area contributed by atoms with Crippen molar-refractivity contribution in [1.29, 1.82) is 0 Å². The van der Waals surface area contributed by atoms with Crippen molar-refractivity contribution in [3.05, 3.63) is 12.4 Å². The fourth-order valence-corrected chi connectivity index (χ4v) is 2.52. The summed E-state index contributed by atoms with van der Waals surface area (Å²) in [6.07, 6.45) is 6.06. The van der Waals surface area contributed by atoms with E-state index in [1.54, 1.807) is 0 Å². The molecule has 0 aromatic carbocycles. The Labute approximate surface area is 118 Å². The normalized spacial score (nSPS) is 26.0. The van der Waals surface area contributed by atoms with Gasteiger partial charge in [-0.05, 0) is 38.5 Å². The second-order valence-corrected chi connectivity index (χ2v) is 5.37. The van der Waals surface area contributed by atoms with E-state index >= 15 is 0 Å². The van der Waals surface area contributed by atoms with Gasteiger partial charge in [-0.2, -0.15) is 4.98 Å². The smallest absolute Gasteiger partial charge is 0.329 e. The third kappa shape index (κ3) is 3.18. The maximum atomic E-state index is 11.7. The zero-order chi connectivity index (χ0) is 14.6. The topological polar surface area (TPSA) is 84.3 Å². The Bertz CT molecular complexity index is 470. The molecule has 20 heavy (non-hydrogen) atoms. The first-order valence-electron chi connectivity index (χ1n) is 7.02. The van der Waals surface area contributed by atoms with Gasteiger partial charge in [0.05, 0.1) is 19.0 Å². The Morgan fingerprint density at radius 3 is 2.80 bits per heavy atom. The Kier molecular flexibility index (Phi) is 4.42. The summed E-state index contributed by atoms with van der Waals surface area (Å²) in [6.45, 7) is 4.52. The standard InChI is InChI=1S/C14H21N3O3/c1-3-20-12-9-15-8-11(16-12)17-14(13(18)19)6-4-10(2)5-7-14/h8-10H,3-7H2,1-2H3,(H,16,17)(H,18,19). The van der Waals surface area contributed by atoms with Crippen LogP contribution in [0.1, 0.15) is 39.5 Å². The molecule has 0 aliphatic heterocycles. The molecule has 1 aliphatic carbocycles. The van der Waals surface area contributed by atoms with Crippen LogP contribution >= 0.6 is 0 Å². The number of nitrogens with zero attached hydrogens (tertiary/aromatic N) is 2. The molecule has 6 nitrogen and oxygen atoms in total. The van der Waals surface area contributed by atoms with Crippen molar-refractivity contribution in [1.82, 2.24) is 9.97 Å². The van der Waals surface area contributed by atoms with E-state index in [1.165, 1.54) is 12.4 Å². The van der Waals surface area contributed by atoms with Gasteiger partial charge in [0.25, 0.3) is 0 Å². The highest BCUT2D eigenvalue weighted by Gasteiger charge is 2.41. The molecule has 0 spiro atoms. The molecule has 1 fully saturated rings. The van der Waals surface area contributed by atoms with E-state index in [1.807, 2.05) is 6.92 Å². The fraction of sp³-hybridized carbons (Fsp3) is 0.643. The van der Waals surface area contributed by atoms with Gasteiger partial charge in [0, 0.05) is 0 Å². The summed E-state index contributed by atoms with van der Waals surface area (Å²) in [5, 5.41) is 12.6. The lowest BCUT2D eigenvalue weighted by Crippen LogP contribution is -2.49. The van der Waals surface area contributed by atoms with Crippen molar-refractivity contribution >= 4 is 11.8 Å². The van der Waals surface area contributed by atoms with Crippen molar-refractivity contribution in [2.75, 3.05) is 11.9 Å². The van der Waals surface area contributed by atoms with Gasteiger partial charge in [0.1, 0.15) is 11.4 Å². The van der Waals surface area contributed by atoms with Crippen LogP contribution in [0.3, 0.4) is 0 Å². The van der Waals surface area contributed by atoms with Crippen molar-refractivity contribution in [2.45, 2.75) is 45.1 Å². The van der Waals surface area contributed by atoms with Crippen molar-refractivity contribution in [3.8, 4) is 5.88 Å². The maximum absolute atomic E-state index is 11.7. The summed E-state index contributed by atoms with van der Waals surface area (Å²) in [6, 6.07) is 0. The van der Waals surface area contributed by atoms with E-state index in [2.05, 4.69) is 22.2 Å². The number of ether oxygens (including phenoxy) is 1. The summed E-state index contributed by atoms with van der Waals surface area (Å²) >= 11 is 0. The lowest BCUT2D eigenvalue weighted by atomic mass is 9.77. The largest absolute Gasteiger partial charge is 0.480 e. The van der Waals surface area contributed by atoms with Crippen LogP contribution in [0.15, 0.2) is 12.4 Å². The molecule has 0 saturated heterocycles. The number of carboxylic acid groups (broad SMARTS) is 1. The molecule has 1 heterocycles. The van der Waals surface area contributed by atoms with E-state index in [4.69, 9.17) is 4.74 Å². The number of anilines is 1. The molecule has 2 N–H and O–H groups in total. The van der Waals surface area contributed by atoms with Gasteiger partial charge >= 0.3 is 5.97 Å². The first-order chi connectivity index (χ1) is 9.55. The maximum Gasteiger partial charge on any atom is 0.329 e. The van der Waals surface area contributed by atoms with Crippen LogP contribution < -0.4 is 10.1 Å². The summed E-state index contributed by atoms with van der Waals surface area (Å²) in [5.41, 5.74) is -0.938. The van der Waals surface area contributed by atoms with Crippen LogP contribution in [0.4, 0.5) is 5.82 Å². The van der Waals surface area contributed by atoms with Crippen LogP contribution in [0.5, 0.6) is 5.88 Å². The average molecular weight is 279 g/mol. The van der Waals surface area contributed by atoms with Crippen LogP contribution in [-0.2, 0) is 4.79 Å². The van der Waals surface area contributed by atoms with E-state index in [-0.39, 0.29) is 0 Å². The number of nitrogens with one attached hydrogen (secondary N) is 1. The number of carbonyl (C=O) groups is 1. The Morgan fingerprint density at radius 2 is 2.20 bits per heavy atom. The summed E-state index contributed by atoms with van der Waals surface area (Å²) in [4.78, 5) is 19.9. The lowest BCUT2D eigenvalue weighted by molar-refractivity contribution is -0.143. The van der Waals surface area contributed by atoms with Crippen LogP contribution in [-0.4, -0.2) is 33.2 Å². The molecule has 2 rings (SSSR count). The van der Waals surface area contributed by atoms with Gasteiger partial charge in [-0.25, -0.2) is 4.79 Å². The van der Waals surface area contributed by atoms with Crippen molar-refractivity contribution < 1.29 is 14.6 Å². The summed E-state index contributed by atoms with van der Waals surface area (Å²) < 4.78 is 5.29. The molecule has 110 valence electrons. The van der Waals surface area contributed by atoms with Crippen LogP contribution in [0.2, 0.25) is 0 Å². The fourth-order valence-electron chi connectivity index (χ4n) is 2.52. The van der Waals surface area contributed by atoms with E-state index in [9.17, 15) is 9.90 Å². The zero-order valence-electron chi connectivity index (χ0n) is 11.9. The number of hydrogen-bond donors (Lipinski definition) is 2. The third-order valence-electron chi connectivity index (χ3n) is 3.81. The Balaban J connectivity index is 2.16. The summed E-state index contributed by atoms with van der Waals surface area (Å²) in [5.74, 6) is 0.605. The van der Waals surface area contributed by atoms with E-state index in [0.29, 0.717) is 37.1 Å². The van der Waals surface area contributed by atoms with Crippen molar-refractivity contribution in [3.63, 3.8) is 0 Å². The molecule has 0 unspecified atom stereocenters. The second-order valence-electron chi connectivity index (χ2n) is 5.37. The first kappa shape index (κ1) is 14.6. The van der Waals surface area contributed by atoms with Crippen molar-refractivity contribution in [2.24, 2.45) is 5.92 Å².